The van der Waals surface area contributed by atoms with Crippen LogP contribution in [-0.4, -0.2) is 14.3 Å². The molecule has 0 atom stereocenters. The Morgan fingerprint density at radius 1 is 1.18 bits per heavy atom. The van der Waals surface area contributed by atoms with Gasteiger partial charge in [0.1, 0.15) is 0 Å². The molecule has 3 rings (SSSR count). The van der Waals surface area contributed by atoms with Crippen molar-refractivity contribution >= 4 is 16.6 Å². The van der Waals surface area contributed by atoms with Crippen LogP contribution >= 0.6 is 0 Å². The Hall–Kier alpha value is -2.44. The topological polar surface area (TPSA) is 48.8 Å². The van der Waals surface area contributed by atoms with Gasteiger partial charge >= 0.3 is 6.18 Å². The number of fused-ring (bicyclic) bond motifs is 1. The van der Waals surface area contributed by atoms with E-state index in [1.807, 2.05) is 18.5 Å². The van der Waals surface area contributed by atoms with Gasteiger partial charge in [-0.15, -0.1) is 0 Å². The van der Waals surface area contributed by atoms with Crippen LogP contribution in [-0.2, 0) is 20.3 Å². The van der Waals surface area contributed by atoms with E-state index < -0.39 is 11.7 Å². The summed E-state index contributed by atoms with van der Waals surface area (Å²) in [6.45, 7) is 1.86. The van der Waals surface area contributed by atoms with E-state index in [9.17, 15) is 13.2 Å². The molecule has 116 valence electrons. The largest absolute Gasteiger partial charge is 0.416 e. The van der Waals surface area contributed by atoms with E-state index >= 15 is 0 Å². The van der Waals surface area contributed by atoms with E-state index in [0.717, 1.165) is 17.3 Å². The second-order valence-corrected chi connectivity index (χ2v) is 5.32. The molecule has 2 N–H and O–H groups in total. The number of aromatic nitrogens is 3. The second-order valence-electron chi connectivity index (χ2n) is 5.32. The number of halogens is 3. The average Bonchev–Trinajstić information content (AvgIpc) is 2.88. The monoisotopic (exact) mass is 308 g/mol. The average molecular weight is 308 g/mol. The number of anilines is 1. The van der Waals surface area contributed by atoms with Crippen molar-refractivity contribution in [1.29, 1.82) is 0 Å². The van der Waals surface area contributed by atoms with Gasteiger partial charge in [-0.25, -0.2) is 0 Å². The predicted octanol–water partition coefficient (Wildman–Crippen LogP) is 3.49. The lowest BCUT2D eigenvalue weighted by Crippen LogP contribution is -2.04. The van der Waals surface area contributed by atoms with Crippen molar-refractivity contribution in [1.82, 2.24) is 14.3 Å². The molecule has 2 heterocycles. The maximum atomic E-state index is 13.0. The Balaban J connectivity index is 2.41. The molecule has 0 radical (unpaired) electrons. The number of nitrogens with two attached hydrogens (primary N) is 1. The summed E-state index contributed by atoms with van der Waals surface area (Å²) in [5.74, 6) is 0. The maximum absolute atomic E-state index is 13.0. The molecule has 22 heavy (non-hydrogen) atoms. The lowest BCUT2D eigenvalue weighted by Gasteiger charge is -2.08. The van der Waals surface area contributed by atoms with Crippen LogP contribution in [0.4, 0.5) is 18.9 Å². The predicted molar refractivity (Wildman–Crippen MR) is 79.3 cm³/mol. The molecule has 4 nitrogen and oxygen atoms in total. The van der Waals surface area contributed by atoms with Crippen molar-refractivity contribution < 1.29 is 13.2 Å². The molecule has 0 aliphatic carbocycles. The summed E-state index contributed by atoms with van der Waals surface area (Å²) in [5.41, 5.74) is 8.59. The van der Waals surface area contributed by atoms with Gasteiger partial charge in [-0.3, -0.25) is 4.68 Å². The van der Waals surface area contributed by atoms with E-state index in [1.54, 1.807) is 11.7 Å². The highest BCUT2D eigenvalue weighted by Gasteiger charge is 2.31. The molecule has 2 aromatic heterocycles. The Labute approximate surface area is 124 Å². The van der Waals surface area contributed by atoms with E-state index in [0.29, 0.717) is 22.3 Å². The van der Waals surface area contributed by atoms with Gasteiger partial charge in [-0.05, 0) is 25.1 Å². The van der Waals surface area contributed by atoms with Crippen molar-refractivity contribution in [3.8, 4) is 11.3 Å². The van der Waals surface area contributed by atoms with Gasteiger partial charge in [-0.1, -0.05) is 0 Å². The number of rotatable bonds is 1. The third-order valence-electron chi connectivity index (χ3n) is 4.02. The Morgan fingerprint density at radius 2 is 1.86 bits per heavy atom. The summed E-state index contributed by atoms with van der Waals surface area (Å²) >= 11 is 0. The minimum atomic E-state index is -4.38. The second kappa shape index (κ2) is 4.53. The van der Waals surface area contributed by atoms with E-state index in [1.165, 1.54) is 18.3 Å². The zero-order valence-corrected chi connectivity index (χ0v) is 12.4. The number of nitrogens with zero attached hydrogens (tertiary/aromatic N) is 3. The fourth-order valence-corrected chi connectivity index (χ4v) is 2.81. The first-order chi connectivity index (χ1) is 10.2. The molecule has 0 fully saturated rings. The van der Waals surface area contributed by atoms with Crippen molar-refractivity contribution in [2.24, 2.45) is 14.1 Å². The highest BCUT2D eigenvalue weighted by Crippen LogP contribution is 2.39. The Morgan fingerprint density at radius 3 is 2.41 bits per heavy atom. The first-order valence-corrected chi connectivity index (χ1v) is 6.66. The fourth-order valence-electron chi connectivity index (χ4n) is 2.81. The standard InChI is InChI=1S/C15H15F3N4/c1-8-13(14-11(19)7-20-22(14)3)10-6-9(15(16,17)18)4-5-12(10)21(8)2/h4-7H,19H2,1-3H3. The summed E-state index contributed by atoms with van der Waals surface area (Å²) in [4.78, 5) is 0. The van der Waals surface area contributed by atoms with E-state index in [2.05, 4.69) is 5.10 Å². The van der Waals surface area contributed by atoms with Crippen LogP contribution in [0, 0.1) is 6.92 Å². The summed E-state index contributed by atoms with van der Waals surface area (Å²) in [6.07, 6.45) is -2.88. The maximum Gasteiger partial charge on any atom is 0.416 e. The molecule has 0 unspecified atom stereocenters. The molecule has 0 spiro atoms. The normalized spacial score (nSPS) is 12.3. The van der Waals surface area contributed by atoms with Gasteiger partial charge in [0.15, 0.2) is 0 Å². The van der Waals surface area contributed by atoms with Gasteiger partial charge in [0, 0.05) is 36.3 Å². The molecule has 7 heteroatoms. The molecule has 0 amide bonds. The van der Waals surface area contributed by atoms with Gasteiger partial charge < -0.3 is 10.3 Å². The van der Waals surface area contributed by atoms with Crippen molar-refractivity contribution in [2.45, 2.75) is 13.1 Å². The SMILES string of the molecule is Cc1c(-c2c(N)cnn2C)c2cc(C(F)(F)F)ccc2n1C. The Bertz CT molecular complexity index is 852. The number of nitrogen functional groups attached to an aromatic ring is 1. The third-order valence-corrected chi connectivity index (χ3v) is 4.02. The number of alkyl halides is 3. The molecular formula is C15H15F3N4. The highest BCUT2D eigenvalue weighted by molar-refractivity contribution is 6.00. The minimum absolute atomic E-state index is 0.440. The smallest absolute Gasteiger partial charge is 0.396 e. The first-order valence-electron chi connectivity index (χ1n) is 6.66. The van der Waals surface area contributed by atoms with Gasteiger partial charge in [0.2, 0.25) is 0 Å². The Kier molecular flexibility index (Phi) is 2.98. The van der Waals surface area contributed by atoms with Gasteiger partial charge in [0.05, 0.1) is 23.1 Å². The van der Waals surface area contributed by atoms with E-state index in [4.69, 9.17) is 5.73 Å². The molecule has 0 aliphatic rings. The lowest BCUT2D eigenvalue weighted by molar-refractivity contribution is -0.137. The summed E-state index contributed by atoms with van der Waals surface area (Å²) in [6, 6.07) is 3.75. The van der Waals surface area contributed by atoms with Gasteiger partial charge in [0.25, 0.3) is 0 Å². The van der Waals surface area contributed by atoms with Crippen LogP contribution in [0.5, 0.6) is 0 Å². The molecule has 0 bridgehead atoms. The van der Waals surface area contributed by atoms with Crippen LogP contribution in [0.3, 0.4) is 0 Å². The van der Waals surface area contributed by atoms with E-state index in [-0.39, 0.29) is 0 Å². The van der Waals surface area contributed by atoms with Crippen LogP contribution < -0.4 is 5.73 Å². The van der Waals surface area contributed by atoms with Crippen LogP contribution in [0.1, 0.15) is 11.3 Å². The molecule has 1 aromatic carbocycles. The fraction of sp³-hybridized carbons (Fsp3) is 0.267. The van der Waals surface area contributed by atoms with Crippen LogP contribution in [0.15, 0.2) is 24.4 Å². The summed E-state index contributed by atoms with van der Waals surface area (Å²) in [5, 5.41) is 4.60. The molecular weight excluding hydrogens is 293 g/mol. The van der Waals surface area contributed by atoms with Crippen molar-refractivity contribution in [2.75, 3.05) is 5.73 Å². The zero-order valence-electron chi connectivity index (χ0n) is 12.4. The number of hydrogen-bond acceptors (Lipinski definition) is 2. The van der Waals surface area contributed by atoms with Crippen molar-refractivity contribution in [3.63, 3.8) is 0 Å². The first kappa shape index (κ1) is 14.5. The van der Waals surface area contributed by atoms with Crippen LogP contribution in [0.25, 0.3) is 22.2 Å². The summed E-state index contributed by atoms with van der Waals surface area (Å²) < 4.78 is 42.5. The molecule has 0 saturated carbocycles. The summed E-state index contributed by atoms with van der Waals surface area (Å²) in [7, 11) is 3.54. The number of aryl methyl sites for hydroxylation is 2. The lowest BCUT2D eigenvalue weighted by atomic mass is 10.0. The van der Waals surface area contributed by atoms with Gasteiger partial charge in [-0.2, -0.15) is 18.3 Å². The zero-order chi connectivity index (χ0) is 16.2. The minimum Gasteiger partial charge on any atom is -0.396 e. The molecule has 0 saturated heterocycles. The highest BCUT2D eigenvalue weighted by atomic mass is 19.4. The molecule has 0 aliphatic heterocycles. The number of benzene rings is 1. The molecule has 3 aromatic rings. The third kappa shape index (κ3) is 1.96. The van der Waals surface area contributed by atoms with Crippen LogP contribution in [0.2, 0.25) is 0 Å². The quantitative estimate of drug-likeness (QED) is 0.748. The van der Waals surface area contributed by atoms with Crippen molar-refractivity contribution in [3.05, 3.63) is 35.7 Å². The number of hydrogen-bond donors (Lipinski definition) is 1.